The number of allylic oxidation sites excluding steroid dienone is 1. The van der Waals surface area contributed by atoms with Crippen molar-refractivity contribution in [2.75, 3.05) is 5.32 Å². The lowest BCUT2D eigenvalue weighted by Crippen LogP contribution is -2.16. The summed E-state index contributed by atoms with van der Waals surface area (Å²) >= 11 is 0. The van der Waals surface area contributed by atoms with Crippen LogP contribution in [0.2, 0.25) is 0 Å². The number of amides is 1. The van der Waals surface area contributed by atoms with E-state index in [0.29, 0.717) is 12.1 Å². The Morgan fingerprint density at radius 1 is 1.00 bits per heavy atom. The van der Waals surface area contributed by atoms with Crippen LogP contribution in [-0.2, 0) is 17.1 Å². The number of carbonyl (C=O) groups excluding carboxylic acids is 1. The van der Waals surface area contributed by atoms with Crippen LogP contribution in [0.25, 0.3) is 0 Å². The quantitative estimate of drug-likeness (QED) is 0.626. The number of rotatable bonds is 2. The number of nitrogens with one attached hydrogen (secondary N) is 1. The summed E-state index contributed by atoms with van der Waals surface area (Å²) in [6.45, 7) is 2.90. The van der Waals surface area contributed by atoms with Crippen molar-refractivity contribution in [3.05, 3.63) is 41.0 Å². The molecule has 0 aliphatic carbocycles. The molecule has 0 aliphatic rings. The Morgan fingerprint density at radius 3 is 1.76 bits per heavy atom. The van der Waals surface area contributed by atoms with Crippen LogP contribution in [0.1, 0.15) is 25.0 Å². The normalized spacial score (nSPS) is 13.2. The van der Waals surface area contributed by atoms with E-state index in [2.05, 4.69) is 0 Å². The summed E-state index contributed by atoms with van der Waals surface area (Å²) in [6.07, 6.45) is -8.51. The zero-order valence-electron chi connectivity index (χ0n) is 11.0. The molecule has 0 unspecified atom stereocenters. The fourth-order valence-electron chi connectivity index (χ4n) is 1.39. The summed E-state index contributed by atoms with van der Waals surface area (Å²) in [5, 5.41) is 2.01. The molecule has 1 N–H and O–H groups in total. The standard InChI is InChI=1S/C13H11F6NO/c1-3-7(2)11(21)20-10-5-8(12(14,15)16)4-9(6-10)13(17,18)19/h3-6H,1-2H3,(H,20,21)/b7-3+. The highest BCUT2D eigenvalue weighted by Crippen LogP contribution is 2.37. The van der Waals surface area contributed by atoms with Gasteiger partial charge in [0, 0.05) is 11.3 Å². The molecule has 0 saturated heterocycles. The van der Waals surface area contributed by atoms with Gasteiger partial charge in [-0.2, -0.15) is 26.3 Å². The molecule has 0 fully saturated rings. The number of alkyl halides is 6. The Hall–Kier alpha value is -1.99. The first kappa shape index (κ1) is 17.1. The third-order valence-electron chi connectivity index (χ3n) is 2.64. The van der Waals surface area contributed by atoms with Gasteiger partial charge in [0.1, 0.15) is 0 Å². The fourth-order valence-corrected chi connectivity index (χ4v) is 1.39. The molecule has 0 aliphatic heterocycles. The predicted octanol–water partition coefficient (Wildman–Crippen LogP) is 4.63. The van der Waals surface area contributed by atoms with Crippen LogP contribution in [0, 0.1) is 0 Å². The van der Waals surface area contributed by atoms with E-state index in [-0.39, 0.29) is 11.6 Å². The van der Waals surface area contributed by atoms with E-state index in [1.165, 1.54) is 19.9 Å². The molecule has 2 nitrogen and oxygen atoms in total. The maximum Gasteiger partial charge on any atom is 0.416 e. The molecule has 0 saturated carbocycles. The Morgan fingerprint density at radius 2 is 1.43 bits per heavy atom. The van der Waals surface area contributed by atoms with Gasteiger partial charge in [-0.15, -0.1) is 0 Å². The first-order valence-corrected chi connectivity index (χ1v) is 5.69. The number of benzene rings is 1. The van der Waals surface area contributed by atoms with Crippen LogP contribution in [0.3, 0.4) is 0 Å². The highest BCUT2D eigenvalue weighted by molar-refractivity contribution is 6.03. The number of carbonyl (C=O) groups is 1. The smallest absolute Gasteiger partial charge is 0.322 e. The highest BCUT2D eigenvalue weighted by Gasteiger charge is 2.37. The van der Waals surface area contributed by atoms with E-state index in [4.69, 9.17) is 0 Å². The van der Waals surface area contributed by atoms with Crippen LogP contribution in [0.15, 0.2) is 29.8 Å². The summed E-state index contributed by atoms with van der Waals surface area (Å²) in [4.78, 5) is 11.5. The predicted molar refractivity (Wildman–Crippen MR) is 64.5 cm³/mol. The van der Waals surface area contributed by atoms with E-state index in [9.17, 15) is 31.1 Å². The lowest BCUT2D eigenvalue weighted by molar-refractivity contribution is -0.143. The molecule has 21 heavy (non-hydrogen) atoms. The first-order valence-electron chi connectivity index (χ1n) is 5.69. The Labute approximate surface area is 116 Å². The van der Waals surface area contributed by atoms with Crippen molar-refractivity contribution in [2.45, 2.75) is 26.2 Å². The van der Waals surface area contributed by atoms with E-state index in [0.717, 1.165) is 0 Å². The summed E-state index contributed by atoms with van der Waals surface area (Å²) in [5.74, 6) is -0.773. The van der Waals surface area contributed by atoms with Gasteiger partial charge in [-0.3, -0.25) is 4.79 Å². The second-order valence-electron chi connectivity index (χ2n) is 4.22. The lowest BCUT2D eigenvalue weighted by atomic mass is 10.1. The van der Waals surface area contributed by atoms with Crippen molar-refractivity contribution in [2.24, 2.45) is 0 Å². The Kier molecular flexibility index (Phi) is 4.70. The first-order chi connectivity index (χ1) is 9.45. The van der Waals surface area contributed by atoms with Crippen LogP contribution < -0.4 is 5.32 Å². The topological polar surface area (TPSA) is 29.1 Å². The van der Waals surface area contributed by atoms with Crippen LogP contribution >= 0.6 is 0 Å². The van der Waals surface area contributed by atoms with E-state index in [1.54, 1.807) is 0 Å². The van der Waals surface area contributed by atoms with Crippen molar-refractivity contribution in [1.29, 1.82) is 0 Å². The molecule has 0 radical (unpaired) electrons. The summed E-state index contributed by atoms with van der Waals surface area (Å²) < 4.78 is 75.6. The fraction of sp³-hybridized carbons (Fsp3) is 0.308. The van der Waals surface area contributed by atoms with Crippen LogP contribution in [0.4, 0.5) is 32.0 Å². The highest BCUT2D eigenvalue weighted by atomic mass is 19.4. The average Bonchev–Trinajstić information content (AvgIpc) is 2.35. The third-order valence-corrected chi connectivity index (χ3v) is 2.64. The van der Waals surface area contributed by atoms with Gasteiger partial charge >= 0.3 is 12.4 Å². The zero-order valence-corrected chi connectivity index (χ0v) is 11.0. The van der Waals surface area contributed by atoms with E-state index in [1.807, 2.05) is 5.32 Å². The van der Waals surface area contributed by atoms with Gasteiger partial charge in [-0.05, 0) is 32.0 Å². The molecular weight excluding hydrogens is 300 g/mol. The second-order valence-corrected chi connectivity index (χ2v) is 4.22. The molecule has 0 spiro atoms. The molecule has 0 bridgehead atoms. The van der Waals surface area contributed by atoms with Gasteiger partial charge in [0.05, 0.1) is 11.1 Å². The molecule has 8 heteroatoms. The van der Waals surface area contributed by atoms with Gasteiger partial charge in [-0.1, -0.05) is 6.08 Å². The van der Waals surface area contributed by atoms with Crippen LogP contribution in [0.5, 0.6) is 0 Å². The number of hydrogen-bond donors (Lipinski definition) is 1. The summed E-state index contributed by atoms with van der Waals surface area (Å²) in [5.41, 5.74) is -3.36. The minimum atomic E-state index is -4.95. The summed E-state index contributed by atoms with van der Waals surface area (Å²) in [7, 11) is 0. The molecule has 1 aromatic rings. The van der Waals surface area contributed by atoms with E-state index < -0.39 is 35.1 Å². The van der Waals surface area contributed by atoms with E-state index >= 15 is 0 Å². The Balaban J connectivity index is 3.30. The molecular formula is C13H11F6NO. The Bertz CT molecular complexity index is 539. The second kappa shape index (κ2) is 5.79. The maximum absolute atomic E-state index is 12.6. The van der Waals surface area contributed by atoms with Gasteiger partial charge in [0.2, 0.25) is 0 Å². The molecule has 116 valence electrons. The number of anilines is 1. The molecule has 0 heterocycles. The van der Waals surface area contributed by atoms with Crippen LogP contribution in [-0.4, -0.2) is 5.91 Å². The third kappa shape index (κ3) is 4.51. The minimum absolute atomic E-state index is 0.00181. The largest absolute Gasteiger partial charge is 0.416 e. The average molecular weight is 311 g/mol. The summed E-state index contributed by atoms with van der Waals surface area (Å²) in [6, 6.07) is 0.907. The lowest BCUT2D eigenvalue weighted by Gasteiger charge is -2.14. The van der Waals surface area contributed by atoms with Gasteiger partial charge in [-0.25, -0.2) is 0 Å². The van der Waals surface area contributed by atoms with Crippen molar-refractivity contribution in [1.82, 2.24) is 0 Å². The SMILES string of the molecule is C/C=C(\C)C(=O)Nc1cc(C(F)(F)F)cc(C(F)(F)F)c1. The van der Waals surface area contributed by atoms with Gasteiger partial charge in [0.15, 0.2) is 0 Å². The van der Waals surface area contributed by atoms with Gasteiger partial charge < -0.3 is 5.32 Å². The molecule has 1 rings (SSSR count). The van der Waals surface area contributed by atoms with Crippen molar-refractivity contribution in [3.8, 4) is 0 Å². The van der Waals surface area contributed by atoms with Crippen molar-refractivity contribution >= 4 is 11.6 Å². The van der Waals surface area contributed by atoms with Gasteiger partial charge in [0.25, 0.3) is 5.91 Å². The minimum Gasteiger partial charge on any atom is -0.322 e. The monoisotopic (exact) mass is 311 g/mol. The molecule has 0 aromatic heterocycles. The number of halogens is 6. The number of hydrogen-bond acceptors (Lipinski definition) is 1. The molecule has 1 aromatic carbocycles. The molecule has 0 atom stereocenters. The molecule has 1 amide bonds. The van der Waals surface area contributed by atoms with Crippen molar-refractivity contribution < 1.29 is 31.1 Å². The maximum atomic E-state index is 12.6. The van der Waals surface area contributed by atoms with Crippen molar-refractivity contribution in [3.63, 3.8) is 0 Å². The zero-order chi connectivity index (χ0) is 16.4.